The smallest absolute Gasteiger partial charge is 0.164 e. The van der Waals surface area contributed by atoms with E-state index >= 15 is 0 Å². The largest absolute Gasteiger partial charge is 0.344 e. The van der Waals surface area contributed by atoms with Gasteiger partial charge < -0.3 is 9.47 Å². The van der Waals surface area contributed by atoms with Gasteiger partial charge in [0.25, 0.3) is 0 Å². The van der Waals surface area contributed by atoms with Gasteiger partial charge in [-0.05, 0) is 19.8 Å². The molecule has 1 saturated carbocycles. The molecular weight excluding hydrogens is 168 g/mol. The Balaban J connectivity index is 2.17. The first kappa shape index (κ1) is 9.16. The zero-order chi connectivity index (χ0) is 9.64. The van der Waals surface area contributed by atoms with Crippen LogP contribution in [-0.2, 0) is 14.3 Å². The van der Waals surface area contributed by atoms with Crippen LogP contribution < -0.4 is 0 Å². The van der Waals surface area contributed by atoms with Crippen molar-refractivity contribution in [2.24, 2.45) is 5.92 Å². The van der Waals surface area contributed by atoms with Crippen LogP contribution in [0.25, 0.3) is 0 Å². The Morgan fingerprint density at radius 1 is 1.46 bits per heavy atom. The summed E-state index contributed by atoms with van der Waals surface area (Å²) in [5.41, 5.74) is 0. The first-order valence-electron chi connectivity index (χ1n) is 4.92. The Morgan fingerprint density at radius 2 is 2.15 bits per heavy atom. The predicted molar refractivity (Wildman–Crippen MR) is 47.2 cm³/mol. The number of carbonyl (C=O) groups excluding carboxylic acids is 1. The SMILES string of the molecule is CC[C@H]1CC(=O)C2OC(C)(C)O[C@H]21. The van der Waals surface area contributed by atoms with Gasteiger partial charge in [0.05, 0.1) is 6.10 Å². The van der Waals surface area contributed by atoms with Crippen molar-refractivity contribution in [2.75, 3.05) is 0 Å². The van der Waals surface area contributed by atoms with Crippen molar-refractivity contribution in [3.63, 3.8) is 0 Å². The van der Waals surface area contributed by atoms with Gasteiger partial charge in [-0.1, -0.05) is 13.3 Å². The second-order valence-corrected chi connectivity index (χ2v) is 4.36. The molecule has 0 N–H and O–H groups in total. The van der Waals surface area contributed by atoms with Gasteiger partial charge in [0, 0.05) is 6.42 Å². The molecule has 2 aliphatic rings. The maximum atomic E-state index is 11.5. The van der Waals surface area contributed by atoms with E-state index in [0.29, 0.717) is 12.3 Å². The van der Waals surface area contributed by atoms with Crippen molar-refractivity contribution in [3.05, 3.63) is 0 Å². The fourth-order valence-electron chi connectivity index (χ4n) is 2.25. The maximum absolute atomic E-state index is 11.5. The van der Waals surface area contributed by atoms with Crippen molar-refractivity contribution in [3.8, 4) is 0 Å². The standard InChI is InChI=1S/C10H16O3/c1-4-6-5-7(11)9-8(6)12-10(2,3)13-9/h6,8-9H,4-5H2,1-3H3/t6-,8-,9?/m0/s1. The molecule has 0 aromatic carbocycles. The molecule has 0 radical (unpaired) electrons. The van der Waals surface area contributed by atoms with E-state index in [1.54, 1.807) is 0 Å². The third-order valence-electron chi connectivity index (χ3n) is 2.90. The van der Waals surface area contributed by atoms with Crippen LogP contribution in [0.3, 0.4) is 0 Å². The predicted octanol–water partition coefficient (Wildman–Crippen LogP) is 1.51. The average molecular weight is 184 g/mol. The van der Waals surface area contributed by atoms with E-state index in [-0.39, 0.29) is 18.0 Å². The van der Waals surface area contributed by atoms with Gasteiger partial charge in [-0.15, -0.1) is 0 Å². The van der Waals surface area contributed by atoms with Gasteiger partial charge in [0.2, 0.25) is 0 Å². The molecule has 1 unspecified atom stereocenters. The van der Waals surface area contributed by atoms with Crippen molar-refractivity contribution < 1.29 is 14.3 Å². The lowest BCUT2D eigenvalue weighted by atomic mass is 10.0. The molecule has 0 aromatic heterocycles. The third-order valence-corrected chi connectivity index (χ3v) is 2.90. The van der Waals surface area contributed by atoms with E-state index in [1.165, 1.54) is 0 Å². The molecule has 3 atom stereocenters. The summed E-state index contributed by atoms with van der Waals surface area (Å²) in [6, 6.07) is 0. The van der Waals surface area contributed by atoms with E-state index in [0.717, 1.165) is 6.42 Å². The monoisotopic (exact) mass is 184 g/mol. The molecule has 0 amide bonds. The van der Waals surface area contributed by atoms with Crippen molar-refractivity contribution in [2.45, 2.75) is 51.6 Å². The van der Waals surface area contributed by atoms with Gasteiger partial charge in [0.15, 0.2) is 11.6 Å². The molecule has 3 nitrogen and oxygen atoms in total. The van der Waals surface area contributed by atoms with E-state index in [2.05, 4.69) is 6.92 Å². The summed E-state index contributed by atoms with van der Waals surface area (Å²) in [6.45, 7) is 5.83. The maximum Gasteiger partial charge on any atom is 0.164 e. The number of hydrogen-bond acceptors (Lipinski definition) is 3. The summed E-state index contributed by atoms with van der Waals surface area (Å²) in [7, 11) is 0. The normalized spacial score (nSPS) is 42.4. The van der Waals surface area contributed by atoms with E-state index in [4.69, 9.17) is 9.47 Å². The number of hydrogen-bond donors (Lipinski definition) is 0. The lowest BCUT2D eigenvalue weighted by molar-refractivity contribution is -0.163. The van der Waals surface area contributed by atoms with Gasteiger partial charge in [-0.2, -0.15) is 0 Å². The third kappa shape index (κ3) is 1.40. The zero-order valence-corrected chi connectivity index (χ0v) is 8.37. The number of ether oxygens (including phenoxy) is 2. The Bertz CT molecular complexity index is 234. The van der Waals surface area contributed by atoms with Crippen LogP contribution in [0.2, 0.25) is 0 Å². The van der Waals surface area contributed by atoms with E-state index < -0.39 is 5.79 Å². The second-order valence-electron chi connectivity index (χ2n) is 4.36. The molecular formula is C10H16O3. The summed E-state index contributed by atoms with van der Waals surface area (Å²) in [4.78, 5) is 11.5. The molecule has 2 rings (SSSR count). The van der Waals surface area contributed by atoms with Crippen molar-refractivity contribution >= 4 is 5.78 Å². The summed E-state index contributed by atoms with van der Waals surface area (Å²) in [5.74, 6) is 0.000417. The lowest BCUT2D eigenvalue weighted by Crippen LogP contribution is -2.25. The molecule has 2 fully saturated rings. The summed E-state index contributed by atoms with van der Waals surface area (Å²) in [6.07, 6.45) is 1.33. The number of Topliss-reactive ketones (excluding diaryl/α,β-unsaturated/α-hetero) is 1. The van der Waals surface area contributed by atoms with E-state index in [9.17, 15) is 4.79 Å². The van der Waals surface area contributed by atoms with Crippen LogP contribution in [0.4, 0.5) is 0 Å². The molecule has 0 spiro atoms. The Morgan fingerprint density at radius 3 is 2.77 bits per heavy atom. The fourth-order valence-corrected chi connectivity index (χ4v) is 2.25. The molecule has 1 heterocycles. The first-order valence-corrected chi connectivity index (χ1v) is 4.92. The van der Waals surface area contributed by atoms with Crippen LogP contribution in [0.5, 0.6) is 0 Å². The minimum absolute atomic E-state index is 0.00694. The van der Waals surface area contributed by atoms with Crippen LogP contribution in [0.1, 0.15) is 33.6 Å². The highest BCUT2D eigenvalue weighted by Crippen LogP contribution is 2.40. The minimum Gasteiger partial charge on any atom is -0.344 e. The van der Waals surface area contributed by atoms with Crippen LogP contribution in [0.15, 0.2) is 0 Å². The van der Waals surface area contributed by atoms with Gasteiger partial charge in [-0.3, -0.25) is 4.79 Å². The van der Waals surface area contributed by atoms with Gasteiger partial charge in [0.1, 0.15) is 6.10 Å². The highest BCUT2D eigenvalue weighted by Gasteiger charge is 2.52. The van der Waals surface area contributed by atoms with Crippen LogP contribution in [0, 0.1) is 5.92 Å². The number of fused-ring (bicyclic) bond motifs is 1. The minimum atomic E-state index is -0.571. The van der Waals surface area contributed by atoms with Gasteiger partial charge in [-0.25, -0.2) is 0 Å². The summed E-state index contributed by atoms with van der Waals surface area (Å²) < 4.78 is 11.2. The molecule has 0 aromatic rings. The van der Waals surface area contributed by atoms with Crippen molar-refractivity contribution in [1.29, 1.82) is 0 Å². The Kier molecular flexibility index (Phi) is 1.96. The van der Waals surface area contributed by atoms with Crippen LogP contribution >= 0.6 is 0 Å². The average Bonchev–Trinajstić information content (AvgIpc) is 2.47. The first-order chi connectivity index (χ1) is 6.03. The van der Waals surface area contributed by atoms with E-state index in [1.807, 2.05) is 13.8 Å². The molecule has 13 heavy (non-hydrogen) atoms. The summed E-state index contributed by atoms with van der Waals surface area (Å²) >= 11 is 0. The molecule has 3 heteroatoms. The zero-order valence-electron chi connectivity index (χ0n) is 8.37. The Hall–Kier alpha value is -0.410. The number of ketones is 1. The van der Waals surface area contributed by atoms with Gasteiger partial charge >= 0.3 is 0 Å². The molecule has 1 saturated heterocycles. The van der Waals surface area contributed by atoms with Crippen LogP contribution in [-0.4, -0.2) is 23.8 Å². The van der Waals surface area contributed by atoms with Crippen molar-refractivity contribution in [1.82, 2.24) is 0 Å². The highest BCUT2D eigenvalue weighted by atomic mass is 16.8. The quantitative estimate of drug-likeness (QED) is 0.619. The molecule has 1 aliphatic carbocycles. The highest BCUT2D eigenvalue weighted by molar-refractivity contribution is 5.86. The second kappa shape index (κ2) is 2.79. The number of carbonyl (C=O) groups is 1. The summed E-state index contributed by atoms with van der Waals surface area (Å²) in [5, 5.41) is 0. The Labute approximate surface area is 78.4 Å². The number of rotatable bonds is 1. The molecule has 74 valence electrons. The molecule has 1 aliphatic heterocycles. The lowest BCUT2D eigenvalue weighted by Gasteiger charge is -2.20. The topological polar surface area (TPSA) is 35.5 Å². The molecule has 0 bridgehead atoms. The fraction of sp³-hybridized carbons (Fsp3) is 0.900.